The number of hydrogen-bond donors (Lipinski definition) is 2. The van der Waals surface area contributed by atoms with Crippen LogP contribution in [-0.4, -0.2) is 52.9 Å². The molecule has 2 N–H and O–H groups in total. The van der Waals surface area contributed by atoms with Crippen LogP contribution in [0.1, 0.15) is 31.4 Å². The summed E-state index contributed by atoms with van der Waals surface area (Å²) in [6.07, 6.45) is -0.544. The first-order chi connectivity index (χ1) is 16.2. The Labute approximate surface area is 202 Å². The molecule has 2 aromatic rings. The molecule has 4 rings (SSSR count). The van der Waals surface area contributed by atoms with Crippen LogP contribution in [0.5, 0.6) is 5.75 Å². The standard InChI is InChI=1S/C24H27ClN4O5/c1-14(2)34-20-9-8-18(12-15(20)3)26-22-27-23(31)29(19-10-11-33-21(19)30)24(32)28(22)13-16-4-6-17(25)7-5-16/h4-9,12,14,19,22,26H,10-11,13H2,1-3H3,(H,27,31)/t19-,22?/m1/s1. The molecule has 2 aliphatic rings. The SMILES string of the molecule is Cc1cc(NC2NC(=O)N([C@@H]3CCOC3=O)C(=O)N2Cc2ccc(Cl)cc2)ccc1OC(C)C. The maximum Gasteiger partial charge on any atom is 0.332 e. The largest absolute Gasteiger partial charge is 0.491 e. The van der Waals surface area contributed by atoms with Crippen molar-refractivity contribution in [1.82, 2.24) is 15.1 Å². The predicted octanol–water partition coefficient (Wildman–Crippen LogP) is 4.09. The first-order valence-electron chi connectivity index (χ1n) is 11.1. The number of amides is 4. The van der Waals surface area contributed by atoms with E-state index in [4.69, 9.17) is 21.1 Å². The summed E-state index contributed by atoms with van der Waals surface area (Å²) in [7, 11) is 0. The molecule has 0 saturated carbocycles. The zero-order valence-electron chi connectivity index (χ0n) is 19.2. The highest BCUT2D eigenvalue weighted by Gasteiger charge is 2.46. The van der Waals surface area contributed by atoms with E-state index in [-0.39, 0.29) is 25.7 Å². The molecule has 0 spiro atoms. The summed E-state index contributed by atoms with van der Waals surface area (Å²) in [6.45, 7) is 6.18. The molecular formula is C24H27ClN4O5. The van der Waals surface area contributed by atoms with Crippen molar-refractivity contribution in [3.05, 3.63) is 58.6 Å². The lowest BCUT2D eigenvalue weighted by molar-refractivity contribution is -0.141. The number of hydrogen-bond acceptors (Lipinski definition) is 6. The number of urea groups is 2. The Morgan fingerprint density at radius 2 is 1.91 bits per heavy atom. The highest BCUT2D eigenvalue weighted by Crippen LogP contribution is 2.26. The third-order valence-electron chi connectivity index (χ3n) is 5.57. The summed E-state index contributed by atoms with van der Waals surface area (Å²) in [5.74, 6) is 0.172. The van der Waals surface area contributed by atoms with E-state index >= 15 is 0 Å². The number of esters is 1. The van der Waals surface area contributed by atoms with E-state index < -0.39 is 30.4 Å². The lowest BCUT2D eigenvalue weighted by Gasteiger charge is -2.42. The Morgan fingerprint density at radius 3 is 2.53 bits per heavy atom. The van der Waals surface area contributed by atoms with Gasteiger partial charge in [-0.05, 0) is 62.2 Å². The lowest BCUT2D eigenvalue weighted by atomic mass is 10.1. The molecule has 0 bridgehead atoms. The van der Waals surface area contributed by atoms with Crippen LogP contribution in [0.3, 0.4) is 0 Å². The highest BCUT2D eigenvalue weighted by atomic mass is 35.5. The van der Waals surface area contributed by atoms with E-state index in [2.05, 4.69) is 10.6 Å². The minimum absolute atomic E-state index is 0.0379. The van der Waals surface area contributed by atoms with Gasteiger partial charge in [-0.25, -0.2) is 19.3 Å². The van der Waals surface area contributed by atoms with Gasteiger partial charge in [-0.1, -0.05) is 23.7 Å². The number of rotatable bonds is 7. The van der Waals surface area contributed by atoms with Gasteiger partial charge in [0, 0.05) is 17.1 Å². The van der Waals surface area contributed by atoms with Gasteiger partial charge in [0.05, 0.1) is 19.3 Å². The molecular weight excluding hydrogens is 460 g/mol. The second-order valence-corrected chi connectivity index (χ2v) is 8.96. The minimum Gasteiger partial charge on any atom is -0.491 e. The zero-order valence-corrected chi connectivity index (χ0v) is 20.0. The van der Waals surface area contributed by atoms with Crippen LogP contribution in [0.2, 0.25) is 5.02 Å². The molecule has 180 valence electrons. The topological polar surface area (TPSA) is 100 Å². The van der Waals surface area contributed by atoms with Crippen molar-refractivity contribution in [3.8, 4) is 5.75 Å². The number of anilines is 1. The Kier molecular flexibility index (Phi) is 6.83. The van der Waals surface area contributed by atoms with E-state index in [1.807, 2.05) is 39.0 Å². The summed E-state index contributed by atoms with van der Waals surface area (Å²) in [4.78, 5) is 40.9. The summed E-state index contributed by atoms with van der Waals surface area (Å²) in [5, 5.41) is 6.60. The number of benzene rings is 2. The molecule has 9 nitrogen and oxygen atoms in total. The Morgan fingerprint density at radius 1 is 1.18 bits per heavy atom. The van der Waals surface area contributed by atoms with Gasteiger partial charge in [0.2, 0.25) is 0 Å². The van der Waals surface area contributed by atoms with Gasteiger partial charge in [-0.15, -0.1) is 0 Å². The van der Waals surface area contributed by atoms with E-state index in [0.29, 0.717) is 10.7 Å². The van der Waals surface area contributed by atoms with E-state index in [1.54, 1.807) is 24.3 Å². The van der Waals surface area contributed by atoms with Crippen LogP contribution >= 0.6 is 11.6 Å². The van der Waals surface area contributed by atoms with Gasteiger partial charge < -0.3 is 14.8 Å². The van der Waals surface area contributed by atoms with Crippen molar-refractivity contribution in [1.29, 1.82) is 0 Å². The van der Waals surface area contributed by atoms with Crippen molar-refractivity contribution >= 4 is 35.3 Å². The Hall–Kier alpha value is -3.46. The van der Waals surface area contributed by atoms with Gasteiger partial charge in [0.25, 0.3) is 0 Å². The lowest BCUT2D eigenvalue weighted by Crippen LogP contribution is -2.69. The smallest absolute Gasteiger partial charge is 0.332 e. The molecule has 2 aromatic carbocycles. The number of nitrogens with one attached hydrogen (secondary N) is 2. The number of ether oxygens (including phenoxy) is 2. The summed E-state index contributed by atoms with van der Waals surface area (Å²) in [6, 6.07) is 10.4. The van der Waals surface area contributed by atoms with Crippen molar-refractivity contribution < 1.29 is 23.9 Å². The van der Waals surface area contributed by atoms with Crippen molar-refractivity contribution in [2.45, 2.75) is 52.2 Å². The second kappa shape index (κ2) is 9.80. The number of carbonyl (C=O) groups excluding carboxylic acids is 3. The minimum atomic E-state index is -0.948. The molecule has 2 saturated heterocycles. The molecule has 0 aliphatic carbocycles. The summed E-state index contributed by atoms with van der Waals surface area (Å²) >= 11 is 6.00. The van der Waals surface area contributed by atoms with Crippen LogP contribution in [0.15, 0.2) is 42.5 Å². The number of carbonyl (C=O) groups is 3. The zero-order chi connectivity index (χ0) is 24.4. The van der Waals surface area contributed by atoms with Crippen LogP contribution in [0, 0.1) is 6.92 Å². The first kappa shape index (κ1) is 23.7. The molecule has 0 aromatic heterocycles. The van der Waals surface area contributed by atoms with E-state index in [9.17, 15) is 14.4 Å². The fraction of sp³-hybridized carbons (Fsp3) is 0.375. The van der Waals surface area contributed by atoms with E-state index in [1.165, 1.54) is 4.90 Å². The van der Waals surface area contributed by atoms with Gasteiger partial charge in [-0.3, -0.25) is 10.2 Å². The molecule has 4 amide bonds. The quantitative estimate of drug-likeness (QED) is 0.572. The first-order valence-corrected chi connectivity index (χ1v) is 11.5. The third kappa shape index (κ3) is 5.04. The van der Waals surface area contributed by atoms with Crippen LogP contribution in [-0.2, 0) is 16.1 Å². The fourth-order valence-corrected chi connectivity index (χ4v) is 4.06. The third-order valence-corrected chi connectivity index (χ3v) is 5.82. The van der Waals surface area contributed by atoms with Gasteiger partial charge in [0.1, 0.15) is 11.8 Å². The number of nitrogens with zero attached hydrogens (tertiary/aromatic N) is 2. The molecule has 2 fully saturated rings. The monoisotopic (exact) mass is 486 g/mol. The Balaban J connectivity index is 1.60. The number of imide groups is 1. The van der Waals surface area contributed by atoms with Crippen LogP contribution < -0.4 is 15.4 Å². The molecule has 2 aliphatic heterocycles. The van der Waals surface area contributed by atoms with Crippen LogP contribution in [0.4, 0.5) is 15.3 Å². The van der Waals surface area contributed by atoms with Crippen molar-refractivity contribution in [3.63, 3.8) is 0 Å². The highest BCUT2D eigenvalue weighted by molar-refractivity contribution is 6.30. The Bertz CT molecular complexity index is 1090. The van der Waals surface area contributed by atoms with Gasteiger partial charge >= 0.3 is 18.0 Å². The molecule has 10 heteroatoms. The fourth-order valence-electron chi connectivity index (χ4n) is 3.94. The number of cyclic esters (lactones) is 1. The molecule has 0 radical (unpaired) electrons. The van der Waals surface area contributed by atoms with Crippen LogP contribution in [0.25, 0.3) is 0 Å². The van der Waals surface area contributed by atoms with Crippen molar-refractivity contribution in [2.24, 2.45) is 0 Å². The normalized spacial score (nSPS) is 20.4. The van der Waals surface area contributed by atoms with Gasteiger partial charge in [0.15, 0.2) is 6.29 Å². The molecule has 2 heterocycles. The van der Waals surface area contributed by atoms with Gasteiger partial charge in [-0.2, -0.15) is 0 Å². The van der Waals surface area contributed by atoms with Crippen molar-refractivity contribution in [2.75, 3.05) is 11.9 Å². The number of halogens is 1. The second-order valence-electron chi connectivity index (χ2n) is 8.52. The predicted molar refractivity (Wildman–Crippen MR) is 126 cm³/mol. The average molecular weight is 487 g/mol. The molecule has 34 heavy (non-hydrogen) atoms. The average Bonchev–Trinajstić information content (AvgIpc) is 3.19. The summed E-state index contributed by atoms with van der Waals surface area (Å²) < 4.78 is 10.8. The number of aryl methyl sites for hydroxylation is 1. The molecule has 1 unspecified atom stereocenters. The summed E-state index contributed by atoms with van der Waals surface area (Å²) in [5.41, 5.74) is 2.42. The van der Waals surface area contributed by atoms with E-state index in [0.717, 1.165) is 21.8 Å². The maximum atomic E-state index is 13.5. The maximum absolute atomic E-state index is 13.5. The molecule has 2 atom stereocenters.